The summed E-state index contributed by atoms with van der Waals surface area (Å²) in [4.78, 5) is 34.1. The zero-order valence-corrected chi connectivity index (χ0v) is 22.0. The first-order valence-electron chi connectivity index (χ1n) is 13.6. The van der Waals surface area contributed by atoms with Crippen molar-refractivity contribution in [1.29, 1.82) is 0 Å². The van der Waals surface area contributed by atoms with Crippen LogP contribution in [0.4, 0.5) is 17.1 Å². The molecule has 2 aliphatic heterocycles. The van der Waals surface area contributed by atoms with Crippen LogP contribution in [0.15, 0.2) is 79.3 Å². The standard InChI is InChI=1S/C31H30N6O3/c38-31-29(26-18-25(37(39)40)12-13-27(26)35-31)30(34-24-10-8-22(9-11-24)28-19-32-20-33-28)23-6-4-21(5-7-23)14-17-36-15-2-1-3-16-36/h4-13,18-20,34H,1-3,14-17H2,(H,32,33)(H,35,38). The van der Waals surface area contributed by atoms with E-state index < -0.39 is 4.92 Å². The summed E-state index contributed by atoms with van der Waals surface area (Å²) in [6, 6.07) is 20.4. The lowest BCUT2D eigenvalue weighted by Crippen LogP contribution is -2.31. The number of aromatic nitrogens is 2. The molecule has 4 aromatic rings. The Hall–Kier alpha value is -4.76. The van der Waals surface area contributed by atoms with Crippen molar-refractivity contribution in [3.63, 3.8) is 0 Å². The minimum atomic E-state index is -0.446. The number of carbonyl (C=O) groups is 1. The Kier molecular flexibility index (Phi) is 7.11. The molecule has 0 bridgehead atoms. The molecular formula is C31H30N6O3. The highest BCUT2D eigenvalue weighted by Crippen LogP contribution is 2.39. The topological polar surface area (TPSA) is 116 Å². The molecule has 202 valence electrons. The van der Waals surface area contributed by atoms with Gasteiger partial charge in [-0.05, 0) is 61.7 Å². The van der Waals surface area contributed by atoms with E-state index in [2.05, 4.69) is 37.6 Å². The Labute approximate surface area is 232 Å². The first-order chi connectivity index (χ1) is 19.5. The summed E-state index contributed by atoms with van der Waals surface area (Å²) in [5.41, 5.74) is 6.58. The highest BCUT2D eigenvalue weighted by molar-refractivity contribution is 6.37. The molecule has 0 spiro atoms. The number of non-ortho nitro benzene ring substituents is 1. The Bertz CT molecular complexity index is 1550. The number of hydrogen-bond donors (Lipinski definition) is 3. The molecule has 0 saturated carbocycles. The molecule has 3 aromatic carbocycles. The summed E-state index contributed by atoms with van der Waals surface area (Å²) >= 11 is 0. The first-order valence-corrected chi connectivity index (χ1v) is 13.6. The molecule has 1 aromatic heterocycles. The quantitative estimate of drug-likeness (QED) is 0.146. The number of nitro groups is 1. The van der Waals surface area contributed by atoms with Gasteiger partial charge in [0.25, 0.3) is 11.6 Å². The molecule has 0 unspecified atom stereocenters. The van der Waals surface area contributed by atoms with Gasteiger partial charge in [-0.25, -0.2) is 4.98 Å². The fourth-order valence-electron chi connectivity index (χ4n) is 5.39. The molecule has 2 aliphatic rings. The number of carbonyl (C=O) groups excluding carboxylic acids is 1. The highest BCUT2D eigenvalue weighted by Gasteiger charge is 2.30. The first kappa shape index (κ1) is 25.5. The van der Waals surface area contributed by atoms with Crippen molar-refractivity contribution in [2.75, 3.05) is 30.3 Å². The zero-order chi connectivity index (χ0) is 27.5. The van der Waals surface area contributed by atoms with E-state index in [9.17, 15) is 14.9 Å². The van der Waals surface area contributed by atoms with Crippen LogP contribution in [0.1, 0.15) is 36.0 Å². The number of anilines is 2. The summed E-state index contributed by atoms with van der Waals surface area (Å²) < 4.78 is 0. The van der Waals surface area contributed by atoms with Crippen molar-refractivity contribution in [2.24, 2.45) is 0 Å². The van der Waals surface area contributed by atoms with Crippen LogP contribution in [0.2, 0.25) is 0 Å². The molecule has 6 rings (SSSR count). The third kappa shape index (κ3) is 5.37. The van der Waals surface area contributed by atoms with E-state index in [0.29, 0.717) is 22.5 Å². The summed E-state index contributed by atoms with van der Waals surface area (Å²) in [5, 5.41) is 17.8. The molecule has 3 N–H and O–H groups in total. The average molecular weight is 535 g/mol. The Morgan fingerprint density at radius 1 is 1.00 bits per heavy atom. The van der Waals surface area contributed by atoms with Gasteiger partial charge in [0.2, 0.25) is 0 Å². The number of nitrogens with one attached hydrogen (secondary N) is 3. The molecule has 3 heterocycles. The van der Waals surface area contributed by atoms with E-state index in [4.69, 9.17) is 0 Å². The Balaban J connectivity index is 1.35. The summed E-state index contributed by atoms with van der Waals surface area (Å²) in [5.74, 6) is -0.305. The largest absolute Gasteiger partial charge is 0.354 e. The van der Waals surface area contributed by atoms with E-state index in [1.807, 2.05) is 42.6 Å². The number of benzene rings is 3. The minimum Gasteiger partial charge on any atom is -0.354 e. The van der Waals surface area contributed by atoms with Gasteiger partial charge in [-0.1, -0.05) is 42.8 Å². The lowest BCUT2D eigenvalue weighted by Gasteiger charge is -2.26. The van der Waals surface area contributed by atoms with E-state index in [0.717, 1.165) is 48.6 Å². The van der Waals surface area contributed by atoms with Gasteiger partial charge in [-0.3, -0.25) is 14.9 Å². The van der Waals surface area contributed by atoms with Crippen molar-refractivity contribution in [2.45, 2.75) is 25.7 Å². The lowest BCUT2D eigenvalue weighted by molar-refractivity contribution is -0.384. The molecule has 0 aliphatic carbocycles. The fraction of sp³-hybridized carbons (Fsp3) is 0.226. The van der Waals surface area contributed by atoms with Gasteiger partial charge in [-0.15, -0.1) is 0 Å². The Morgan fingerprint density at radius 2 is 1.77 bits per heavy atom. The van der Waals surface area contributed by atoms with Crippen LogP contribution >= 0.6 is 0 Å². The van der Waals surface area contributed by atoms with Crippen LogP contribution in [0.5, 0.6) is 0 Å². The normalized spacial score (nSPS) is 16.4. The number of aromatic amines is 1. The van der Waals surface area contributed by atoms with Crippen molar-refractivity contribution < 1.29 is 9.72 Å². The van der Waals surface area contributed by atoms with E-state index in [1.165, 1.54) is 37.0 Å². The molecule has 40 heavy (non-hydrogen) atoms. The van der Waals surface area contributed by atoms with E-state index in [-0.39, 0.29) is 11.6 Å². The molecular weight excluding hydrogens is 504 g/mol. The van der Waals surface area contributed by atoms with Crippen molar-refractivity contribution in [1.82, 2.24) is 14.9 Å². The van der Waals surface area contributed by atoms with Gasteiger partial charge in [-0.2, -0.15) is 0 Å². The Morgan fingerprint density at radius 3 is 2.48 bits per heavy atom. The minimum absolute atomic E-state index is 0.0662. The van der Waals surface area contributed by atoms with Crippen LogP contribution in [-0.4, -0.2) is 45.3 Å². The third-order valence-electron chi connectivity index (χ3n) is 7.56. The van der Waals surface area contributed by atoms with Gasteiger partial charge in [0.05, 0.1) is 28.2 Å². The van der Waals surface area contributed by atoms with Crippen LogP contribution < -0.4 is 10.6 Å². The number of imidazole rings is 1. The number of amides is 1. The highest BCUT2D eigenvalue weighted by atomic mass is 16.6. The number of nitro benzene ring substituents is 1. The maximum absolute atomic E-state index is 13.3. The number of H-pyrrole nitrogens is 1. The molecule has 9 nitrogen and oxygen atoms in total. The van der Waals surface area contributed by atoms with Crippen LogP contribution in [-0.2, 0) is 11.2 Å². The summed E-state index contributed by atoms with van der Waals surface area (Å²) in [6.07, 6.45) is 8.29. The zero-order valence-electron chi connectivity index (χ0n) is 22.0. The van der Waals surface area contributed by atoms with Gasteiger partial charge >= 0.3 is 0 Å². The predicted molar refractivity (Wildman–Crippen MR) is 157 cm³/mol. The number of fused-ring (bicyclic) bond motifs is 1. The second-order valence-corrected chi connectivity index (χ2v) is 10.2. The molecule has 1 amide bonds. The monoisotopic (exact) mass is 534 g/mol. The smallest absolute Gasteiger partial charge is 0.270 e. The molecule has 0 radical (unpaired) electrons. The van der Waals surface area contributed by atoms with Gasteiger partial charge in [0.1, 0.15) is 0 Å². The van der Waals surface area contributed by atoms with Crippen LogP contribution in [0.25, 0.3) is 22.5 Å². The number of nitrogens with zero attached hydrogens (tertiary/aromatic N) is 3. The fourth-order valence-corrected chi connectivity index (χ4v) is 5.39. The second kappa shape index (κ2) is 11.2. The second-order valence-electron chi connectivity index (χ2n) is 10.2. The maximum atomic E-state index is 13.3. The number of hydrogen-bond acceptors (Lipinski definition) is 6. The molecule has 1 saturated heterocycles. The summed E-state index contributed by atoms with van der Waals surface area (Å²) in [7, 11) is 0. The van der Waals surface area contributed by atoms with Crippen molar-refractivity contribution >= 4 is 34.2 Å². The number of rotatable bonds is 8. The van der Waals surface area contributed by atoms with Gasteiger partial charge in [0.15, 0.2) is 0 Å². The van der Waals surface area contributed by atoms with Crippen molar-refractivity contribution in [3.05, 3.63) is 106 Å². The number of likely N-dealkylation sites (tertiary alicyclic amines) is 1. The summed E-state index contributed by atoms with van der Waals surface area (Å²) in [6.45, 7) is 3.36. The van der Waals surface area contributed by atoms with Crippen LogP contribution in [0, 0.1) is 10.1 Å². The van der Waals surface area contributed by atoms with Gasteiger partial charge < -0.3 is 20.5 Å². The number of piperidine rings is 1. The van der Waals surface area contributed by atoms with Crippen molar-refractivity contribution in [3.8, 4) is 11.3 Å². The lowest BCUT2D eigenvalue weighted by atomic mass is 9.98. The van der Waals surface area contributed by atoms with Gasteiger partial charge in [0, 0.05) is 47.4 Å². The maximum Gasteiger partial charge on any atom is 0.270 e. The molecule has 0 atom stereocenters. The SMILES string of the molecule is O=C1Nc2ccc([N+](=O)[O-])cc2C1=C(Nc1ccc(-c2c[nH]cn2)cc1)c1ccc(CCN2CCCCC2)cc1. The van der Waals surface area contributed by atoms with Crippen LogP contribution in [0.3, 0.4) is 0 Å². The molecule has 1 fully saturated rings. The molecule has 9 heteroatoms. The van der Waals surface area contributed by atoms with E-state index in [1.54, 1.807) is 12.4 Å². The average Bonchev–Trinajstić information content (AvgIpc) is 3.63. The van der Waals surface area contributed by atoms with E-state index >= 15 is 0 Å². The third-order valence-corrected chi connectivity index (χ3v) is 7.56. The predicted octanol–water partition coefficient (Wildman–Crippen LogP) is 5.95.